The molecule has 0 aliphatic carbocycles. The second-order valence-electron chi connectivity index (χ2n) is 18.1. The summed E-state index contributed by atoms with van der Waals surface area (Å²) < 4.78 is 34.0. The average Bonchev–Trinajstić information content (AvgIpc) is 3.05. The van der Waals surface area contributed by atoms with Gasteiger partial charge in [-0.25, -0.2) is 0 Å². The summed E-state index contributed by atoms with van der Waals surface area (Å²) in [6.07, 6.45) is 30.8. The molecule has 0 heterocycles. The van der Waals surface area contributed by atoms with Crippen molar-refractivity contribution in [2.75, 3.05) is 0 Å². The molecule has 0 bridgehead atoms. The van der Waals surface area contributed by atoms with Crippen LogP contribution in [0.5, 0.6) is 0 Å². The van der Waals surface area contributed by atoms with E-state index in [1.54, 1.807) is 0 Å². The van der Waals surface area contributed by atoms with Gasteiger partial charge in [-0.2, -0.15) is 0 Å². The fourth-order valence-corrected chi connectivity index (χ4v) is 32.5. The SMILES string of the molecule is CC(C)CCCCCCCC[CH2][Ti]([CH2]CCCCCCCCC(C)C)([CH2]CCCCCCCCC(C)C)([CH](C)C)[S](=O)(=O)c1ccccc1. The first-order valence-electron chi connectivity index (χ1n) is 21.8. The molecule has 1 rings (SSSR count). The zero-order valence-corrected chi connectivity index (χ0v) is 36.9. The monoisotopic (exact) mass is 740 g/mol. The predicted molar refractivity (Wildman–Crippen MR) is 218 cm³/mol. The van der Waals surface area contributed by atoms with Gasteiger partial charge in [-0.15, -0.1) is 0 Å². The van der Waals surface area contributed by atoms with Crippen LogP contribution in [0.1, 0.15) is 209 Å². The summed E-state index contributed by atoms with van der Waals surface area (Å²) in [6.45, 7) is 18.7. The number of benzene rings is 1. The first kappa shape index (κ1) is 46.9. The molecule has 0 saturated carbocycles. The molecule has 0 N–H and O–H groups in total. The van der Waals surface area contributed by atoms with Gasteiger partial charge in [-0.3, -0.25) is 0 Å². The molecule has 0 amide bonds. The van der Waals surface area contributed by atoms with E-state index in [1.165, 1.54) is 135 Å². The first-order chi connectivity index (χ1) is 23.4. The number of unbranched alkanes of at least 4 members (excludes halogenated alkanes) is 18. The fourth-order valence-electron chi connectivity index (χ4n) is 8.83. The minimum absolute atomic E-state index is 0.269. The van der Waals surface area contributed by atoms with Crippen molar-refractivity contribution in [3.05, 3.63) is 30.3 Å². The number of hydrogen-bond donors (Lipinski definition) is 0. The maximum absolute atomic E-state index is 15.4. The Bertz CT molecular complexity index is 946. The van der Waals surface area contributed by atoms with Gasteiger partial charge < -0.3 is 0 Å². The molecular weight excluding hydrogens is 652 g/mol. The average molecular weight is 740 g/mol. The van der Waals surface area contributed by atoms with Crippen molar-refractivity contribution in [2.24, 2.45) is 17.8 Å². The van der Waals surface area contributed by atoms with E-state index in [1.807, 2.05) is 30.3 Å². The third kappa shape index (κ3) is 17.5. The van der Waals surface area contributed by atoms with Gasteiger partial charge in [0.1, 0.15) is 0 Å². The van der Waals surface area contributed by atoms with E-state index in [0.717, 1.165) is 51.2 Å². The summed E-state index contributed by atoms with van der Waals surface area (Å²) in [5.74, 6) is 2.43. The Labute approximate surface area is 309 Å². The molecule has 49 heavy (non-hydrogen) atoms. The van der Waals surface area contributed by atoms with E-state index in [2.05, 4.69) is 55.4 Å². The number of rotatable bonds is 33. The maximum atomic E-state index is 15.4. The van der Waals surface area contributed by atoms with Crippen LogP contribution in [0.4, 0.5) is 0 Å². The Morgan fingerprint density at radius 2 is 0.673 bits per heavy atom. The molecule has 0 saturated heterocycles. The quantitative estimate of drug-likeness (QED) is 0.0531. The van der Waals surface area contributed by atoms with Gasteiger partial charge in [0.05, 0.1) is 0 Å². The van der Waals surface area contributed by atoms with Crippen LogP contribution in [0.2, 0.25) is 18.4 Å². The molecule has 289 valence electrons. The summed E-state index contributed by atoms with van der Waals surface area (Å²) in [7, 11) is -3.37. The summed E-state index contributed by atoms with van der Waals surface area (Å²) >= 11 is -4.20. The first-order valence-corrected chi connectivity index (χ1v) is 29.5. The van der Waals surface area contributed by atoms with Crippen LogP contribution >= 0.6 is 0 Å². The van der Waals surface area contributed by atoms with Crippen molar-refractivity contribution in [1.82, 2.24) is 0 Å². The Hall–Kier alpha value is -0.116. The Kier molecular flexibility index (Phi) is 25.5. The molecule has 2 nitrogen and oxygen atoms in total. The van der Waals surface area contributed by atoms with Crippen molar-refractivity contribution < 1.29 is 22.4 Å². The normalized spacial score (nSPS) is 13.6. The van der Waals surface area contributed by atoms with Gasteiger partial charge in [0, 0.05) is 0 Å². The third-order valence-corrected chi connectivity index (χ3v) is 39.0. The van der Waals surface area contributed by atoms with Gasteiger partial charge in [0.2, 0.25) is 0 Å². The van der Waals surface area contributed by atoms with Crippen molar-refractivity contribution >= 4 is 7.42 Å². The van der Waals surface area contributed by atoms with Crippen molar-refractivity contribution in [2.45, 2.75) is 233 Å². The van der Waals surface area contributed by atoms with E-state index in [0.29, 0.717) is 4.90 Å². The second-order valence-corrected chi connectivity index (χ2v) is 36.8. The van der Waals surface area contributed by atoms with Gasteiger partial charge in [-0.05, 0) is 0 Å². The van der Waals surface area contributed by atoms with E-state index in [9.17, 15) is 0 Å². The molecule has 0 radical (unpaired) electrons. The molecular formula is C45H87O2STi. The van der Waals surface area contributed by atoms with Crippen molar-refractivity contribution in [3.8, 4) is 0 Å². The Morgan fingerprint density at radius 3 is 0.939 bits per heavy atom. The zero-order chi connectivity index (χ0) is 36.5. The summed E-state index contributed by atoms with van der Waals surface area (Å²) in [6, 6.07) is 9.79. The van der Waals surface area contributed by atoms with Crippen molar-refractivity contribution in [3.63, 3.8) is 0 Å². The van der Waals surface area contributed by atoms with E-state index < -0.39 is 21.4 Å². The van der Waals surface area contributed by atoms with Crippen LogP contribution in [0.15, 0.2) is 35.2 Å². The van der Waals surface area contributed by atoms with Gasteiger partial charge in [-0.1, -0.05) is 0 Å². The molecule has 0 aliphatic heterocycles. The Balaban J connectivity index is 3.10. The topological polar surface area (TPSA) is 34.1 Å². The molecule has 0 spiro atoms. The minimum atomic E-state index is -4.20. The van der Waals surface area contributed by atoms with Crippen LogP contribution in [-0.2, 0) is 21.4 Å². The van der Waals surface area contributed by atoms with Crippen LogP contribution in [0.3, 0.4) is 0 Å². The summed E-state index contributed by atoms with van der Waals surface area (Å²) in [4.78, 5) is 0.640. The fraction of sp³-hybridized carbons (Fsp3) is 0.867. The van der Waals surface area contributed by atoms with Gasteiger partial charge in [0.25, 0.3) is 0 Å². The van der Waals surface area contributed by atoms with Crippen LogP contribution in [-0.4, -0.2) is 8.42 Å². The molecule has 0 aromatic heterocycles. The zero-order valence-electron chi connectivity index (χ0n) is 34.5. The number of hydrogen-bond acceptors (Lipinski definition) is 2. The standard InChI is InChI=1S/3C12H25.C6H5O2S.C3H7.Ti/c3*1-4-5-6-7-8-9-10-11-12(2)3;7-9(8)6-4-2-1-3-5-6;1-3-2;/h3*12H,1,4-11H2,2-3H3;1-5H;3H,1-2H3;. The molecule has 0 unspecified atom stereocenters. The molecule has 0 fully saturated rings. The van der Waals surface area contributed by atoms with Crippen LogP contribution in [0.25, 0.3) is 0 Å². The predicted octanol–water partition coefficient (Wildman–Crippen LogP) is 16.5. The Morgan fingerprint density at radius 1 is 0.408 bits per heavy atom. The van der Waals surface area contributed by atoms with E-state index in [4.69, 9.17) is 0 Å². The molecule has 4 heteroatoms. The van der Waals surface area contributed by atoms with E-state index in [-0.39, 0.29) is 4.22 Å². The molecule has 1 aromatic carbocycles. The molecule has 1 aromatic rings. The van der Waals surface area contributed by atoms with Crippen LogP contribution < -0.4 is 0 Å². The van der Waals surface area contributed by atoms with Gasteiger partial charge in [0.15, 0.2) is 0 Å². The van der Waals surface area contributed by atoms with Gasteiger partial charge >= 0.3 is 311 Å². The summed E-state index contributed by atoms with van der Waals surface area (Å²) in [5.41, 5.74) is 0. The molecule has 0 aliphatic rings. The van der Waals surface area contributed by atoms with Crippen LogP contribution in [0, 0.1) is 17.8 Å². The van der Waals surface area contributed by atoms with Crippen molar-refractivity contribution in [1.29, 1.82) is 0 Å². The molecule has 0 atom stereocenters. The third-order valence-electron chi connectivity index (χ3n) is 12.4. The summed E-state index contributed by atoms with van der Waals surface area (Å²) in [5, 5.41) is 0. The van der Waals surface area contributed by atoms with E-state index >= 15 is 8.42 Å². The second kappa shape index (κ2) is 26.6.